The minimum absolute atomic E-state index is 0.0663. The van der Waals surface area contributed by atoms with Crippen molar-refractivity contribution in [3.05, 3.63) is 28.8 Å². The van der Waals surface area contributed by atoms with Crippen molar-refractivity contribution in [3.63, 3.8) is 0 Å². The molecule has 1 aromatic rings. The molecule has 0 unspecified atom stereocenters. The van der Waals surface area contributed by atoms with Gasteiger partial charge in [-0.1, -0.05) is 17.7 Å². The van der Waals surface area contributed by atoms with Gasteiger partial charge in [-0.05, 0) is 17.7 Å². The molecule has 0 heterocycles. The minimum atomic E-state index is -3.39. The van der Waals surface area contributed by atoms with Crippen LogP contribution in [0.25, 0.3) is 0 Å². The Morgan fingerprint density at radius 1 is 1.53 bits per heavy atom. The standard InChI is InChI=1S/C9H12ClNO3S/c1-15(13,14)9-4-6(10)2-3-7(9)8(11)5-12/h2-4,8,12H,5,11H2,1H3/t8-/m0/s1. The first kappa shape index (κ1) is 12.4. The zero-order valence-electron chi connectivity index (χ0n) is 8.14. The molecule has 0 aliphatic carbocycles. The number of hydrogen-bond acceptors (Lipinski definition) is 4. The second kappa shape index (κ2) is 4.49. The fraction of sp³-hybridized carbons (Fsp3) is 0.333. The number of benzene rings is 1. The minimum Gasteiger partial charge on any atom is -0.394 e. The van der Waals surface area contributed by atoms with E-state index < -0.39 is 15.9 Å². The predicted molar refractivity (Wildman–Crippen MR) is 58.6 cm³/mol. The summed E-state index contributed by atoms with van der Waals surface area (Å²) >= 11 is 5.70. The van der Waals surface area contributed by atoms with Crippen molar-refractivity contribution >= 4 is 21.4 Å². The van der Waals surface area contributed by atoms with E-state index in [-0.39, 0.29) is 11.5 Å². The van der Waals surface area contributed by atoms with Crippen molar-refractivity contribution in [2.45, 2.75) is 10.9 Å². The molecule has 0 amide bonds. The molecule has 4 nitrogen and oxygen atoms in total. The van der Waals surface area contributed by atoms with E-state index in [1.54, 1.807) is 6.07 Å². The van der Waals surface area contributed by atoms with Gasteiger partial charge in [0.25, 0.3) is 0 Å². The van der Waals surface area contributed by atoms with E-state index in [4.69, 9.17) is 22.4 Å². The van der Waals surface area contributed by atoms with Crippen LogP contribution in [0.15, 0.2) is 23.1 Å². The molecule has 3 N–H and O–H groups in total. The summed E-state index contributed by atoms with van der Waals surface area (Å²) in [5, 5.41) is 9.22. The number of hydrogen-bond donors (Lipinski definition) is 2. The summed E-state index contributed by atoms with van der Waals surface area (Å²) < 4.78 is 22.9. The molecule has 84 valence electrons. The summed E-state index contributed by atoms with van der Waals surface area (Å²) in [6.07, 6.45) is 1.08. The first-order valence-corrected chi connectivity index (χ1v) is 6.49. The number of nitrogens with two attached hydrogens (primary N) is 1. The zero-order valence-corrected chi connectivity index (χ0v) is 9.72. The summed E-state index contributed by atoms with van der Waals surface area (Å²) in [5.74, 6) is 0. The van der Waals surface area contributed by atoms with Gasteiger partial charge in [0.15, 0.2) is 9.84 Å². The van der Waals surface area contributed by atoms with Gasteiger partial charge in [-0.3, -0.25) is 0 Å². The highest BCUT2D eigenvalue weighted by Crippen LogP contribution is 2.24. The number of rotatable bonds is 3. The average Bonchev–Trinajstić information content (AvgIpc) is 2.15. The van der Waals surface area contributed by atoms with Crippen molar-refractivity contribution in [3.8, 4) is 0 Å². The van der Waals surface area contributed by atoms with E-state index in [1.165, 1.54) is 12.1 Å². The first-order valence-electron chi connectivity index (χ1n) is 4.22. The van der Waals surface area contributed by atoms with E-state index in [1.807, 2.05) is 0 Å². The van der Waals surface area contributed by atoms with Gasteiger partial charge in [-0.25, -0.2) is 8.42 Å². The van der Waals surface area contributed by atoms with Crippen LogP contribution >= 0.6 is 11.6 Å². The van der Waals surface area contributed by atoms with Crippen LogP contribution in [-0.2, 0) is 9.84 Å². The Bertz CT molecular complexity index is 458. The number of sulfone groups is 1. The van der Waals surface area contributed by atoms with Crippen LogP contribution in [0.1, 0.15) is 11.6 Å². The maximum Gasteiger partial charge on any atom is 0.175 e. The summed E-state index contributed by atoms with van der Waals surface area (Å²) in [7, 11) is -3.39. The Kier molecular flexibility index (Phi) is 3.72. The molecule has 15 heavy (non-hydrogen) atoms. The van der Waals surface area contributed by atoms with Gasteiger partial charge in [0.05, 0.1) is 17.5 Å². The van der Waals surface area contributed by atoms with E-state index in [9.17, 15) is 8.42 Å². The number of aliphatic hydroxyl groups excluding tert-OH is 1. The highest BCUT2D eigenvalue weighted by atomic mass is 35.5. The first-order chi connectivity index (χ1) is 6.86. The quantitative estimate of drug-likeness (QED) is 0.828. The monoisotopic (exact) mass is 249 g/mol. The van der Waals surface area contributed by atoms with Gasteiger partial charge >= 0.3 is 0 Å². The summed E-state index contributed by atoms with van der Waals surface area (Å²) in [4.78, 5) is 0.0663. The van der Waals surface area contributed by atoms with Crippen LogP contribution in [0.4, 0.5) is 0 Å². The van der Waals surface area contributed by atoms with E-state index >= 15 is 0 Å². The third kappa shape index (κ3) is 2.92. The lowest BCUT2D eigenvalue weighted by atomic mass is 10.1. The molecule has 0 bridgehead atoms. The second-order valence-corrected chi connectivity index (χ2v) is 5.66. The van der Waals surface area contributed by atoms with E-state index in [0.717, 1.165) is 6.26 Å². The Labute approximate surface area is 93.6 Å². The fourth-order valence-electron chi connectivity index (χ4n) is 1.23. The molecule has 0 aromatic heterocycles. The molecule has 0 aliphatic heterocycles. The summed E-state index contributed by atoms with van der Waals surface area (Å²) in [6.45, 7) is -0.315. The molecule has 0 radical (unpaired) electrons. The predicted octanol–water partition coefficient (Wildman–Crippen LogP) is 0.736. The Morgan fingerprint density at radius 3 is 2.60 bits per heavy atom. The number of aliphatic hydroxyl groups is 1. The lowest BCUT2D eigenvalue weighted by Gasteiger charge is -2.13. The van der Waals surface area contributed by atoms with Crippen LogP contribution in [0.5, 0.6) is 0 Å². The van der Waals surface area contributed by atoms with E-state index in [0.29, 0.717) is 10.6 Å². The fourth-order valence-corrected chi connectivity index (χ4v) is 2.46. The lowest BCUT2D eigenvalue weighted by Crippen LogP contribution is -2.17. The topological polar surface area (TPSA) is 80.4 Å². The molecule has 6 heteroatoms. The van der Waals surface area contributed by atoms with Crippen molar-refractivity contribution in [2.75, 3.05) is 12.9 Å². The highest BCUT2D eigenvalue weighted by Gasteiger charge is 2.17. The van der Waals surface area contributed by atoms with Gasteiger partial charge in [0, 0.05) is 11.3 Å². The van der Waals surface area contributed by atoms with Crippen LogP contribution in [0, 0.1) is 0 Å². The molecule has 1 aromatic carbocycles. The summed E-state index contributed by atoms with van der Waals surface area (Å²) in [6, 6.07) is 3.68. The van der Waals surface area contributed by atoms with Crippen LogP contribution in [0.3, 0.4) is 0 Å². The molecule has 0 saturated heterocycles. The lowest BCUT2D eigenvalue weighted by molar-refractivity contribution is 0.266. The highest BCUT2D eigenvalue weighted by molar-refractivity contribution is 7.90. The SMILES string of the molecule is CS(=O)(=O)c1cc(Cl)ccc1[C@@H](N)CO. The van der Waals surface area contributed by atoms with Gasteiger partial charge in [-0.15, -0.1) is 0 Å². The Hall–Kier alpha value is -0.620. The smallest absolute Gasteiger partial charge is 0.175 e. The van der Waals surface area contributed by atoms with Gasteiger partial charge in [0.2, 0.25) is 0 Å². The number of halogens is 1. The maximum atomic E-state index is 11.4. The normalized spacial score (nSPS) is 13.9. The molecule has 1 atom stereocenters. The molecular formula is C9H12ClNO3S. The Balaban J connectivity index is 3.40. The third-order valence-electron chi connectivity index (χ3n) is 1.97. The zero-order chi connectivity index (χ0) is 11.6. The van der Waals surface area contributed by atoms with Gasteiger partial charge < -0.3 is 10.8 Å². The molecule has 0 saturated carbocycles. The van der Waals surface area contributed by atoms with Gasteiger partial charge in [0.1, 0.15) is 0 Å². The van der Waals surface area contributed by atoms with Crippen molar-refractivity contribution in [1.29, 1.82) is 0 Å². The van der Waals surface area contributed by atoms with Gasteiger partial charge in [-0.2, -0.15) is 0 Å². The van der Waals surface area contributed by atoms with Crippen molar-refractivity contribution < 1.29 is 13.5 Å². The van der Waals surface area contributed by atoms with Crippen LogP contribution in [-0.4, -0.2) is 26.4 Å². The molecule has 0 fully saturated rings. The maximum absolute atomic E-state index is 11.4. The van der Waals surface area contributed by atoms with E-state index in [2.05, 4.69) is 0 Å². The second-order valence-electron chi connectivity index (χ2n) is 3.24. The van der Waals surface area contributed by atoms with Crippen LogP contribution < -0.4 is 5.73 Å². The largest absolute Gasteiger partial charge is 0.394 e. The molecule has 0 spiro atoms. The summed E-state index contributed by atoms with van der Waals surface area (Å²) in [5.41, 5.74) is 5.96. The molecule has 1 rings (SSSR count). The molecule has 0 aliphatic rings. The van der Waals surface area contributed by atoms with Crippen molar-refractivity contribution in [1.82, 2.24) is 0 Å². The van der Waals surface area contributed by atoms with Crippen molar-refractivity contribution in [2.24, 2.45) is 5.73 Å². The third-order valence-corrected chi connectivity index (χ3v) is 3.36. The molecular weight excluding hydrogens is 238 g/mol. The average molecular weight is 250 g/mol. The van der Waals surface area contributed by atoms with Crippen LogP contribution in [0.2, 0.25) is 5.02 Å². The Morgan fingerprint density at radius 2 is 2.13 bits per heavy atom.